The van der Waals surface area contributed by atoms with Crippen LogP contribution in [0.5, 0.6) is 5.75 Å². The predicted octanol–water partition coefficient (Wildman–Crippen LogP) is 3.27. The lowest BCUT2D eigenvalue weighted by Gasteiger charge is -2.31. The van der Waals surface area contributed by atoms with Gasteiger partial charge in [-0.25, -0.2) is 18.0 Å². The molecule has 1 fully saturated rings. The number of hydrogen-bond acceptors (Lipinski definition) is 8. The fraction of sp³-hybridized carbons (Fsp3) is 0.348. The van der Waals surface area contributed by atoms with Crippen LogP contribution < -0.4 is 4.74 Å². The molecule has 5 heterocycles. The Morgan fingerprint density at radius 1 is 1.36 bits per heavy atom. The van der Waals surface area contributed by atoms with Crippen molar-refractivity contribution in [1.82, 2.24) is 34.5 Å². The molecule has 0 radical (unpaired) electrons. The van der Waals surface area contributed by atoms with E-state index in [-0.39, 0.29) is 6.54 Å². The van der Waals surface area contributed by atoms with Crippen LogP contribution in [0.15, 0.2) is 36.8 Å². The lowest BCUT2D eigenvalue weighted by Crippen LogP contribution is -2.40. The third-order valence-corrected chi connectivity index (χ3v) is 6.49. The molecule has 1 saturated heterocycles. The largest absolute Gasteiger partial charge is 0.479 e. The van der Waals surface area contributed by atoms with Crippen molar-refractivity contribution in [2.75, 3.05) is 19.7 Å². The molecule has 4 aromatic heterocycles. The van der Waals surface area contributed by atoms with Gasteiger partial charge in [0.15, 0.2) is 12.3 Å². The maximum absolute atomic E-state index is 14.8. The molecule has 5 rings (SSSR count). The average Bonchev–Trinajstić information content (AvgIpc) is 3.45. The minimum Gasteiger partial charge on any atom is -0.479 e. The van der Waals surface area contributed by atoms with Gasteiger partial charge in [-0.1, -0.05) is 16.8 Å². The van der Waals surface area contributed by atoms with Gasteiger partial charge in [0, 0.05) is 18.3 Å². The molecule has 0 spiro atoms. The standard InChI is InChI=1S/C23H21ClF2N8O2/c1-13-22(30-31-34(13)19-4-5-32(12-27)10-17(19)26)14-6-20(23-16(24)8-29-33(23)9-14)36-21(11-35)18-3-2-15(25)7-28-18/h2-3,6-9,17,19,21,35H,4-5,10-11H2,1H3/t17-,19-,21?/m0/s1. The highest BCUT2D eigenvalue weighted by Gasteiger charge is 2.33. The van der Waals surface area contributed by atoms with E-state index >= 15 is 0 Å². The average molecular weight is 515 g/mol. The number of alkyl halides is 1. The highest BCUT2D eigenvalue weighted by atomic mass is 35.5. The summed E-state index contributed by atoms with van der Waals surface area (Å²) in [6.07, 6.45) is 4.43. The maximum Gasteiger partial charge on any atom is 0.179 e. The number of aromatic nitrogens is 6. The number of ether oxygens (including phenoxy) is 1. The summed E-state index contributed by atoms with van der Waals surface area (Å²) in [7, 11) is 0. The van der Waals surface area contributed by atoms with Crippen LogP contribution in [-0.2, 0) is 0 Å². The molecule has 36 heavy (non-hydrogen) atoms. The van der Waals surface area contributed by atoms with E-state index in [1.165, 1.54) is 27.7 Å². The van der Waals surface area contributed by atoms with Gasteiger partial charge in [-0.05, 0) is 31.5 Å². The van der Waals surface area contributed by atoms with Crippen LogP contribution in [0.3, 0.4) is 0 Å². The number of nitrogens with zero attached hydrogens (tertiary/aromatic N) is 8. The summed E-state index contributed by atoms with van der Waals surface area (Å²) in [5.41, 5.74) is 2.49. The topological polar surface area (TPSA) is 117 Å². The molecule has 1 unspecified atom stereocenters. The molecule has 4 aromatic rings. The highest BCUT2D eigenvalue weighted by Crippen LogP contribution is 2.36. The van der Waals surface area contributed by atoms with Gasteiger partial charge >= 0.3 is 0 Å². The second-order valence-electron chi connectivity index (χ2n) is 8.46. The zero-order valence-electron chi connectivity index (χ0n) is 19.1. The van der Waals surface area contributed by atoms with Crippen molar-refractivity contribution in [2.45, 2.75) is 31.7 Å². The number of halogens is 3. The molecule has 13 heteroatoms. The lowest BCUT2D eigenvalue weighted by atomic mass is 10.0. The van der Waals surface area contributed by atoms with Crippen LogP contribution in [-0.4, -0.2) is 65.5 Å². The van der Waals surface area contributed by atoms with Gasteiger partial charge in [0.05, 0.1) is 48.0 Å². The summed E-state index contributed by atoms with van der Waals surface area (Å²) in [5.74, 6) is -0.217. The van der Waals surface area contributed by atoms with E-state index in [4.69, 9.17) is 21.6 Å². The van der Waals surface area contributed by atoms with Gasteiger partial charge in [-0.3, -0.25) is 4.98 Å². The van der Waals surface area contributed by atoms with Crippen molar-refractivity contribution in [3.63, 3.8) is 0 Å². The number of fused-ring (bicyclic) bond motifs is 1. The number of aliphatic hydroxyl groups is 1. The first-order valence-corrected chi connectivity index (χ1v) is 11.5. The quantitative estimate of drug-likeness (QED) is 0.390. The summed E-state index contributed by atoms with van der Waals surface area (Å²) >= 11 is 6.35. The summed E-state index contributed by atoms with van der Waals surface area (Å²) in [6.45, 7) is 1.81. The number of aliphatic hydroxyl groups excluding tert-OH is 1. The first-order valence-electron chi connectivity index (χ1n) is 11.2. The Morgan fingerprint density at radius 3 is 2.89 bits per heavy atom. The molecule has 0 amide bonds. The lowest BCUT2D eigenvalue weighted by molar-refractivity contribution is 0.114. The molecular weight excluding hydrogens is 494 g/mol. The van der Waals surface area contributed by atoms with E-state index in [1.807, 2.05) is 6.19 Å². The van der Waals surface area contributed by atoms with Crippen LogP contribution in [0.1, 0.15) is 30.0 Å². The first kappa shape index (κ1) is 23.9. The Balaban J connectivity index is 1.52. The van der Waals surface area contributed by atoms with Gasteiger partial charge in [-0.15, -0.1) is 5.10 Å². The Hall–Kier alpha value is -3.82. The van der Waals surface area contributed by atoms with Crippen molar-refractivity contribution in [3.05, 3.63) is 59.0 Å². The third-order valence-electron chi connectivity index (χ3n) is 6.21. The van der Waals surface area contributed by atoms with E-state index in [1.54, 1.807) is 23.9 Å². The van der Waals surface area contributed by atoms with Gasteiger partial charge < -0.3 is 14.7 Å². The molecule has 1 N–H and O–H groups in total. The normalized spacial score (nSPS) is 18.8. The van der Waals surface area contributed by atoms with Crippen LogP contribution >= 0.6 is 11.6 Å². The van der Waals surface area contributed by atoms with E-state index in [9.17, 15) is 13.9 Å². The van der Waals surface area contributed by atoms with Gasteiger partial charge in [0.1, 0.15) is 28.9 Å². The molecule has 0 aliphatic carbocycles. The smallest absolute Gasteiger partial charge is 0.179 e. The second kappa shape index (κ2) is 9.67. The van der Waals surface area contributed by atoms with Gasteiger partial charge in [0.25, 0.3) is 0 Å². The Kier molecular flexibility index (Phi) is 6.42. The summed E-state index contributed by atoms with van der Waals surface area (Å²) in [4.78, 5) is 5.39. The molecular formula is C23H21ClF2N8O2. The van der Waals surface area contributed by atoms with Crippen LogP contribution in [0, 0.1) is 24.2 Å². The number of hydrogen-bond donors (Lipinski definition) is 1. The number of rotatable bonds is 6. The minimum absolute atomic E-state index is 0.00546. The zero-order chi connectivity index (χ0) is 25.4. The Bertz CT molecular complexity index is 1430. The molecule has 0 bridgehead atoms. The zero-order valence-corrected chi connectivity index (χ0v) is 19.8. The fourth-order valence-corrected chi connectivity index (χ4v) is 4.59. The molecule has 1 aliphatic rings. The van der Waals surface area contributed by atoms with Gasteiger partial charge in [-0.2, -0.15) is 10.4 Å². The highest BCUT2D eigenvalue weighted by molar-refractivity contribution is 6.34. The molecule has 10 nitrogen and oxygen atoms in total. The van der Waals surface area contributed by atoms with Gasteiger partial charge in [0.2, 0.25) is 0 Å². The predicted molar refractivity (Wildman–Crippen MR) is 124 cm³/mol. The Morgan fingerprint density at radius 2 is 2.19 bits per heavy atom. The molecule has 1 aliphatic heterocycles. The summed E-state index contributed by atoms with van der Waals surface area (Å²) in [6, 6.07) is 3.79. The molecule has 3 atom stereocenters. The van der Waals surface area contributed by atoms with Crippen LogP contribution in [0.4, 0.5) is 8.78 Å². The van der Waals surface area contributed by atoms with E-state index < -0.39 is 30.7 Å². The van der Waals surface area contributed by atoms with Crippen molar-refractivity contribution < 1.29 is 18.6 Å². The number of nitriles is 1. The van der Waals surface area contributed by atoms with E-state index in [0.717, 1.165) is 6.20 Å². The molecule has 0 aromatic carbocycles. The minimum atomic E-state index is -1.27. The van der Waals surface area contributed by atoms with E-state index in [2.05, 4.69) is 20.4 Å². The molecule has 186 valence electrons. The third kappa shape index (κ3) is 4.31. The SMILES string of the molecule is Cc1c(-c2cc(OC(CO)c3ccc(F)cn3)c3c(Cl)cnn3c2)nnn1[C@H]1CCN(C#N)C[C@@H]1F. The first-order chi connectivity index (χ1) is 17.4. The summed E-state index contributed by atoms with van der Waals surface area (Å²) < 4.78 is 37.3. The van der Waals surface area contributed by atoms with Crippen molar-refractivity contribution in [2.24, 2.45) is 0 Å². The summed E-state index contributed by atoms with van der Waals surface area (Å²) in [5, 5.41) is 32.1. The van der Waals surface area contributed by atoms with Crippen molar-refractivity contribution >= 4 is 17.1 Å². The number of pyridine rings is 2. The van der Waals surface area contributed by atoms with E-state index in [0.29, 0.717) is 51.9 Å². The maximum atomic E-state index is 14.8. The second-order valence-corrected chi connectivity index (χ2v) is 8.86. The van der Waals surface area contributed by atoms with Crippen molar-refractivity contribution in [1.29, 1.82) is 5.26 Å². The Labute approximate surface area is 209 Å². The van der Waals surface area contributed by atoms with Crippen molar-refractivity contribution in [3.8, 4) is 23.2 Å². The van der Waals surface area contributed by atoms with Crippen LogP contribution in [0.25, 0.3) is 16.8 Å². The number of piperidine rings is 1. The number of likely N-dealkylation sites (tertiary alicyclic amines) is 1. The fourth-order valence-electron chi connectivity index (χ4n) is 4.37. The van der Waals surface area contributed by atoms with Crippen LogP contribution in [0.2, 0.25) is 5.02 Å². The monoisotopic (exact) mass is 514 g/mol. The molecule has 0 saturated carbocycles.